The zero-order valence-corrected chi connectivity index (χ0v) is 15.3. The van der Waals surface area contributed by atoms with Gasteiger partial charge in [0, 0.05) is 34.4 Å². The van der Waals surface area contributed by atoms with E-state index < -0.39 is 10.0 Å². The zero-order valence-electron chi connectivity index (χ0n) is 10.5. The molecule has 0 radical (unpaired) electrons. The molecule has 2 N–H and O–H groups in total. The molecule has 0 amide bonds. The molecule has 2 aromatic heterocycles. The molecule has 0 atom stereocenters. The first-order valence-electron chi connectivity index (χ1n) is 5.52. The first-order valence-corrected chi connectivity index (χ1v) is 9.42. The van der Waals surface area contributed by atoms with E-state index in [0.29, 0.717) is 12.3 Å². The van der Waals surface area contributed by atoms with E-state index in [1.807, 2.05) is 11.4 Å². The van der Waals surface area contributed by atoms with Crippen LogP contribution in [0, 0.1) is 0 Å². The van der Waals surface area contributed by atoms with Gasteiger partial charge in [0.25, 0.3) is 0 Å². The summed E-state index contributed by atoms with van der Waals surface area (Å²) in [5.41, 5.74) is 5.45. The molecule has 0 saturated heterocycles. The van der Waals surface area contributed by atoms with Crippen molar-refractivity contribution in [1.29, 1.82) is 0 Å². The van der Waals surface area contributed by atoms with Crippen LogP contribution in [0.4, 0.5) is 0 Å². The van der Waals surface area contributed by atoms with Crippen molar-refractivity contribution in [3.63, 3.8) is 0 Å². The third-order valence-electron chi connectivity index (χ3n) is 2.60. The molecular weight excluding hydrogens is 432 g/mol. The van der Waals surface area contributed by atoms with Crippen molar-refractivity contribution >= 4 is 53.2 Å². The third-order valence-corrected chi connectivity index (χ3v) is 6.94. The Morgan fingerprint density at radius 2 is 2.10 bits per heavy atom. The van der Waals surface area contributed by atoms with E-state index in [-0.39, 0.29) is 16.1 Å². The minimum atomic E-state index is -3.62. The minimum Gasteiger partial charge on any atom is -0.452 e. The molecular formula is C11H12Br2N2O3S2. The Labute approximate surface area is 138 Å². The van der Waals surface area contributed by atoms with Crippen molar-refractivity contribution in [2.75, 3.05) is 7.05 Å². The van der Waals surface area contributed by atoms with Crippen molar-refractivity contribution < 1.29 is 12.8 Å². The summed E-state index contributed by atoms with van der Waals surface area (Å²) in [5, 5.41) is 1.91. The number of thiophene rings is 1. The van der Waals surface area contributed by atoms with Crippen molar-refractivity contribution in [2.24, 2.45) is 5.73 Å². The lowest BCUT2D eigenvalue weighted by molar-refractivity contribution is 0.460. The van der Waals surface area contributed by atoms with Crippen LogP contribution >= 0.6 is 43.2 Å². The largest absolute Gasteiger partial charge is 0.452 e. The Morgan fingerprint density at radius 1 is 1.40 bits per heavy atom. The smallest absolute Gasteiger partial charge is 0.247 e. The number of rotatable bonds is 5. The molecule has 20 heavy (non-hydrogen) atoms. The lowest BCUT2D eigenvalue weighted by Crippen LogP contribution is -2.26. The fraction of sp³-hybridized carbons (Fsp3) is 0.273. The van der Waals surface area contributed by atoms with E-state index in [1.54, 1.807) is 0 Å². The monoisotopic (exact) mass is 442 g/mol. The Bertz CT molecular complexity index is 709. The number of nitrogens with two attached hydrogens (primary N) is 1. The standard InChI is InChI=1S/C11H12Br2N2O3S2/c1-15(5-9-2-7(12)6-19-9)20(16,17)10-3-8(4-14)18-11(10)13/h2-3,6H,4-5,14H2,1H3. The highest BCUT2D eigenvalue weighted by Crippen LogP contribution is 2.29. The number of hydrogen-bond donors (Lipinski definition) is 1. The van der Waals surface area contributed by atoms with Crippen LogP contribution in [0.15, 0.2) is 36.0 Å². The number of nitrogens with zero attached hydrogens (tertiary/aromatic N) is 1. The van der Waals surface area contributed by atoms with Crippen molar-refractivity contribution in [3.8, 4) is 0 Å². The van der Waals surface area contributed by atoms with Gasteiger partial charge in [0.2, 0.25) is 10.0 Å². The molecule has 5 nitrogen and oxygen atoms in total. The second-order valence-electron chi connectivity index (χ2n) is 4.05. The second kappa shape index (κ2) is 6.29. The van der Waals surface area contributed by atoms with Gasteiger partial charge in [0.15, 0.2) is 4.67 Å². The maximum absolute atomic E-state index is 12.5. The number of furan rings is 1. The first kappa shape index (κ1) is 16.2. The molecule has 0 spiro atoms. The van der Waals surface area contributed by atoms with Gasteiger partial charge < -0.3 is 10.2 Å². The molecule has 110 valence electrons. The first-order chi connectivity index (χ1) is 9.34. The summed E-state index contributed by atoms with van der Waals surface area (Å²) in [7, 11) is -2.09. The molecule has 0 saturated carbocycles. The molecule has 2 rings (SSSR count). The Morgan fingerprint density at radius 3 is 2.60 bits per heavy atom. The van der Waals surface area contributed by atoms with Crippen LogP contribution in [0.2, 0.25) is 0 Å². The predicted octanol–water partition coefficient (Wildman–Crippen LogP) is 3.15. The van der Waals surface area contributed by atoms with Gasteiger partial charge in [-0.1, -0.05) is 0 Å². The van der Waals surface area contributed by atoms with Crippen LogP contribution in [-0.2, 0) is 23.1 Å². The van der Waals surface area contributed by atoms with Crippen LogP contribution < -0.4 is 5.73 Å². The summed E-state index contributed by atoms with van der Waals surface area (Å²) in [6, 6.07) is 3.34. The maximum Gasteiger partial charge on any atom is 0.247 e. The second-order valence-corrected chi connectivity index (χ2v) is 8.69. The average molecular weight is 444 g/mol. The van der Waals surface area contributed by atoms with E-state index >= 15 is 0 Å². The van der Waals surface area contributed by atoms with Gasteiger partial charge in [-0.15, -0.1) is 11.3 Å². The molecule has 0 aliphatic heterocycles. The summed E-state index contributed by atoms with van der Waals surface area (Å²) < 4.78 is 32.6. The molecule has 2 aromatic rings. The van der Waals surface area contributed by atoms with Gasteiger partial charge >= 0.3 is 0 Å². The molecule has 0 fully saturated rings. The summed E-state index contributed by atoms with van der Waals surface area (Å²) in [6.45, 7) is 0.448. The topological polar surface area (TPSA) is 76.5 Å². The van der Waals surface area contributed by atoms with Gasteiger partial charge in [0.1, 0.15) is 10.7 Å². The third kappa shape index (κ3) is 3.34. The number of sulfonamides is 1. The molecule has 0 aliphatic rings. The molecule has 0 aliphatic carbocycles. The summed E-state index contributed by atoms with van der Waals surface area (Å²) >= 11 is 7.96. The van der Waals surface area contributed by atoms with E-state index in [1.165, 1.54) is 28.8 Å². The fourth-order valence-corrected chi connectivity index (χ4v) is 5.27. The highest BCUT2D eigenvalue weighted by atomic mass is 79.9. The quantitative estimate of drug-likeness (QED) is 0.769. The van der Waals surface area contributed by atoms with Crippen LogP contribution in [0.3, 0.4) is 0 Å². The normalized spacial score (nSPS) is 12.2. The molecule has 0 unspecified atom stereocenters. The molecule has 0 bridgehead atoms. The van der Waals surface area contributed by atoms with Crippen LogP contribution in [0.5, 0.6) is 0 Å². The predicted molar refractivity (Wildman–Crippen MR) is 85.0 cm³/mol. The summed E-state index contributed by atoms with van der Waals surface area (Å²) in [6.07, 6.45) is 0. The number of hydrogen-bond acceptors (Lipinski definition) is 5. The van der Waals surface area contributed by atoms with Gasteiger partial charge in [-0.05, 0) is 37.9 Å². The van der Waals surface area contributed by atoms with E-state index in [4.69, 9.17) is 10.2 Å². The molecule has 2 heterocycles. The molecule has 0 aromatic carbocycles. The van der Waals surface area contributed by atoms with Crippen molar-refractivity contribution in [2.45, 2.75) is 18.0 Å². The van der Waals surface area contributed by atoms with Crippen LogP contribution in [-0.4, -0.2) is 19.8 Å². The number of halogens is 2. The SMILES string of the molecule is CN(Cc1cc(Br)cs1)S(=O)(=O)c1cc(CN)oc1Br. The molecule has 9 heteroatoms. The van der Waals surface area contributed by atoms with Crippen LogP contribution in [0.25, 0.3) is 0 Å². The Hall–Kier alpha value is -0.190. The highest BCUT2D eigenvalue weighted by Gasteiger charge is 2.27. The van der Waals surface area contributed by atoms with Gasteiger partial charge in [-0.2, -0.15) is 4.31 Å². The van der Waals surface area contributed by atoms with E-state index in [9.17, 15) is 8.42 Å². The lowest BCUT2D eigenvalue weighted by Gasteiger charge is -2.15. The minimum absolute atomic E-state index is 0.0936. The van der Waals surface area contributed by atoms with Gasteiger partial charge in [-0.25, -0.2) is 8.42 Å². The Balaban J connectivity index is 2.26. The highest BCUT2D eigenvalue weighted by molar-refractivity contribution is 9.10. The maximum atomic E-state index is 12.5. The Kier molecular flexibility index (Phi) is 5.09. The van der Waals surface area contributed by atoms with Gasteiger partial charge in [-0.3, -0.25) is 0 Å². The summed E-state index contributed by atoms with van der Waals surface area (Å²) in [4.78, 5) is 1.04. The van der Waals surface area contributed by atoms with Crippen molar-refractivity contribution in [1.82, 2.24) is 4.31 Å². The van der Waals surface area contributed by atoms with E-state index in [2.05, 4.69) is 31.9 Å². The van der Waals surface area contributed by atoms with Gasteiger partial charge in [0.05, 0.1) is 6.54 Å². The zero-order chi connectivity index (χ0) is 14.9. The average Bonchev–Trinajstić information content (AvgIpc) is 2.95. The fourth-order valence-electron chi connectivity index (χ4n) is 1.58. The summed E-state index contributed by atoms with van der Waals surface area (Å²) in [5.74, 6) is 0.419. The lowest BCUT2D eigenvalue weighted by atomic mass is 10.5. The van der Waals surface area contributed by atoms with Crippen LogP contribution in [0.1, 0.15) is 10.6 Å². The van der Waals surface area contributed by atoms with E-state index in [0.717, 1.165) is 9.35 Å². The van der Waals surface area contributed by atoms with Crippen molar-refractivity contribution in [3.05, 3.63) is 37.3 Å².